The third kappa shape index (κ3) is 5.04. The molecule has 0 spiro atoms. The van der Waals surface area contributed by atoms with E-state index in [4.69, 9.17) is 0 Å². The Morgan fingerprint density at radius 2 is 1.92 bits per heavy atom. The van der Waals surface area contributed by atoms with E-state index in [1.807, 2.05) is 44.3 Å². The molecule has 0 fully saturated rings. The van der Waals surface area contributed by atoms with E-state index >= 15 is 0 Å². The maximum Gasteiger partial charge on any atom is 0.230 e. The van der Waals surface area contributed by atoms with Crippen LogP contribution in [0.5, 0.6) is 0 Å². The van der Waals surface area contributed by atoms with Crippen LogP contribution < -0.4 is 5.32 Å². The van der Waals surface area contributed by atoms with Crippen LogP contribution in [0.4, 0.5) is 4.39 Å². The number of hydrogen-bond acceptors (Lipinski definition) is 5. The number of nitrogens with zero attached hydrogens (tertiary/aromatic N) is 4. The summed E-state index contributed by atoms with van der Waals surface area (Å²) in [6.07, 6.45) is 0.882. The summed E-state index contributed by atoms with van der Waals surface area (Å²) in [5.74, 6) is 0.651. The largest absolute Gasteiger partial charge is 0.353 e. The Labute approximate surface area is 158 Å². The number of nitrogens with one attached hydrogen (secondary N) is 1. The van der Waals surface area contributed by atoms with E-state index in [2.05, 4.69) is 15.5 Å². The van der Waals surface area contributed by atoms with Gasteiger partial charge in [-0.3, -0.25) is 14.3 Å². The third-order valence-corrected chi connectivity index (χ3v) is 5.17. The fourth-order valence-electron chi connectivity index (χ4n) is 2.26. The van der Waals surface area contributed by atoms with Gasteiger partial charge < -0.3 is 5.32 Å². The van der Waals surface area contributed by atoms with E-state index < -0.39 is 0 Å². The Morgan fingerprint density at radius 3 is 2.50 bits per heavy atom. The van der Waals surface area contributed by atoms with Crippen LogP contribution in [0.1, 0.15) is 39.1 Å². The van der Waals surface area contributed by atoms with Crippen LogP contribution in [0, 0.1) is 5.82 Å². The van der Waals surface area contributed by atoms with E-state index in [9.17, 15) is 9.18 Å². The fraction of sp³-hybridized carbons (Fsp3) is 0.500. The number of carbonyl (C=O) groups is 1. The highest BCUT2D eigenvalue weighted by Gasteiger charge is 2.21. The number of rotatable bonds is 8. The molecule has 0 aliphatic rings. The Bertz CT molecular complexity index is 732. The van der Waals surface area contributed by atoms with E-state index in [0.29, 0.717) is 5.16 Å². The van der Waals surface area contributed by atoms with Crippen LogP contribution in [0.3, 0.4) is 0 Å². The Hall–Kier alpha value is -1.93. The molecule has 0 aliphatic heterocycles. The second kappa shape index (κ2) is 9.14. The van der Waals surface area contributed by atoms with Gasteiger partial charge in [-0.2, -0.15) is 0 Å². The highest BCUT2D eigenvalue weighted by Crippen LogP contribution is 2.26. The number of carbonyl (C=O) groups excluding carboxylic acids is 1. The highest BCUT2D eigenvalue weighted by atomic mass is 32.2. The molecule has 1 amide bonds. The average molecular weight is 380 g/mol. The molecule has 0 unspecified atom stereocenters. The third-order valence-electron chi connectivity index (χ3n) is 4.24. The van der Waals surface area contributed by atoms with Gasteiger partial charge >= 0.3 is 0 Å². The topological polar surface area (TPSA) is 63.1 Å². The molecule has 2 atom stereocenters. The number of amides is 1. The summed E-state index contributed by atoms with van der Waals surface area (Å²) in [4.78, 5) is 14.1. The quantitative estimate of drug-likeness (QED) is 0.715. The molecule has 2 rings (SSSR count). The van der Waals surface area contributed by atoms with Crippen molar-refractivity contribution in [3.63, 3.8) is 0 Å². The van der Waals surface area contributed by atoms with Crippen molar-refractivity contribution in [3.8, 4) is 5.69 Å². The lowest BCUT2D eigenvalue weighted by molar-refractivity contribution is -0.119. The van der Waals surface area contributed by atoms with Gasteiger partial charge in [0.2, 0.25) is 5.91 Å². The number of halogens is 1. The fourth-order valence-corrected chi connectivity index (χ4v) is 3.03. The molecule has 2 aromatic rings. The van der Waals surface area contributed by atoms with Gasteiger partial charge in [0, 0.05) is 11.7 Å². The molecule has 1 aromatic carbocycles. The predicted octanol–water partition coefficient (Wildman–Crippen LogP) is 3.04. The molecular weight excluding hydrogens is 353 g/mol. The molecule has 142 valence electrons. The maximum absolute atomic E-state index is 13.3. The molecule has 0 aliphatic carbocycles. The van der Waals surface area contributed by atoms with Crippen molar-refractivity contribution in [1.82, 2.24) is 25.0 Å². The molecule has 1 N–H and O–H groups in total. The summed E-state index contributed by atoms with van der Waals surface area (Å²) in [7, 11) is 3.92. The van der Waals surface area contributed by atoms with Crippen LogP contribution in [0.2, 0.25) is 0 Å². The first kappa shape index (κ1) is 20.4. The number of aromatic nitrogens is 3. The van der Waals surface area contributed by atoms with Crippen molar-refractivity contribution in [3.05, 3.63) is 35.9 Å². The van der Waals surface area contributed by atoms with Gasteiger partial charge in [0.05, 0.1) is 11.8 Å². The van der Waals surface area contributed by atoms with Crippen molar-refractivity contribution < 1.29 is 9.18 Å². The van der Waals surface area contributed by atoms with Crippen LogP contribution in [-0.4, -0.2) is 51.5 Å². The molecule has 8 heteroatoms. The van der Waals surface area contributed by atoms with Gasteiger partial charge in [0.1, 0.15) is 5.82 Å². The molecule has 0 saturated carbocycles. The smallest absolute Gasteiger partial charge is 0.230 e. The van der Waals surface area contributed by atoms with Crippen molar-refractivity contribution in [2.75, 3.05) is 19.8 Å². The zero-order chi connectivity index (χ0) is 19.3. The number of hydrogen-bond donors (Lipinski definition) is 1. The van der Waals surface area contributed by atoms with Crippen LogP contribution in [0.15, 0.2) is 29.4 Å². The summed E-state index contributed by atoms with van der Waals surface area (Å²) in [6.45, 7) is 6.02. The predicted molar refractivity (Wildman–Crippen MR) is 102 cm³/mol. The molecule has 1 heterocycles. The Balaban J connectivity index is 2.28. The lowest BCUT2D eigenvalue weighted by Crippen LogP contribution is -2.33. The molecule has 1 aromatic heterocycles. The Morgan fingerprint density at radius 1 is 1.27 bits per heavy atom. The maximum atomic E-state index is 13.3. The Kier molecular flexibility index (Phi) is 7.16. The summed E-state index contributed by atoms with van der Waals surface area (Å²) in [5.41, 5.74) is 0.768. The lowest BCUT2D eigenvalue weighted by Gasteiger charge is -2.20. The minimum absolute atomic E-state index is 0.0100. The number of thioether (sulfide) groups is 1. The second-order valence-corrected chi connectivity index (χ2v) is 7.40. The second-order valence-electron chi connectivity index (χ2n) is 6.46. The highest BCUT2D eigenvalue weighted by molar-refractivity contribution is 7.99. The van der Waals surface area contributed by atoms with Gasteiger partial charge in [-0.15, -0.1) is 10.2 Å². The summed E-state index contributed by atoms with van der Waals surface area (Å²) in [6, 6.07) is 6.34. The molecule has 0 saturated heterocycles. The standard InChI is InChI=1S/C18H26FN5OS/c1-6-12(2)20-16(25)11-26-18-22-21-17(13(3)23(4)5)24(18)15-9-7-14(19)8-10-15/h7-10,12-13H,6,11H2,1-5H3,(H,20,25)/t12-,13-/m1/s1. The van der Waals surface area contributed by atoms with E-state index in [0.717, 1.165) is 17.9 Å². The first-order valence-electron chi connectivity index (χ1n) is 8.63. The SMILES string of the molecule is CC[C@@H](C)NC(=O)CSc1nnc([C@@H](C)N(C)C)n1-c1ccc(F)cc1. The van der Waals surface area contributed by atoms with E-state index in [1.165, 1.54) is 23.9 Å². The van der Waals surface area contributed by atoms with Crippen LogP contribution >= 0.6 is 11.8 Å². The van der Waals surface area contributed by atoms with E-state index in [1.54, 1.807) is 12.1 Å². The monoisotopic (exact) mass is 379 g/mol. The zero-order valence-corrected chi connectivity index (χ0v) is 16.7. The minimum atomic E-state index is -0.300. The van der Waals surface area contributed by atoms with Gasteiger partial charge in [0.25, 0.3) is 0 Å². The first-order valence-corrected chi connectivity index (χ1v) is 9.61. The minimum Gasteiger partial charge on any atom is -0.353 e. The average Bonchev–Trinajstić information content (AvgIpc) is 3.03. The van der Waals surface area contributed by atoms with Gasteiger partial charge in [-0.25, -0.2) is 4.39 Å². The van der Waals surface area contributed by atoms with Crippen molar-refractivity contribution >= 4 is 17.7 Å². The summed E-state index contributed by atoms with van der Waals surface area (Å²) in [5, 5.41) is 12.1. The normalized spacial score (nSPS) is 13.7. The number of benzene rings is 1. The summed E-state index contributed by atoms with van der Waals surface area (Å²) < 4.78 is 15.2. The van der Waals surface area contributed by atoms with Gasteiger partial charge in [0.15, 0.2) is 11.0 Å². The molecule has 26 heavy (non-hydrogen) atoms. The van der Waals surface area contributed by atoms with Gasteiger partial charge in [-0.1, -0.05) is 18.7 Å². The van der Waals surface area contributed by atoms with Crippen LogP contribution in [0.25, 0.3) is 5.69 Å². The van der Waals surface area contributed by atoms with Crippen molar-refractivity contribution in [2.45, 2.75) is 44.4 Å². The molecule has 0 bridgehead atoms. The lowest BCUT2D eigenvalue weighted by atomic mass is 10.2. The molecular formula is C18H26FN5OS. The summed E-state index contributed by atoms with van der Waals surface area (Å²) >= 11 is 1.32. The molecule has 0 radical (unpaired) electrons. The van der Waals surface area contributed by atoms with Crippen molar-refractivity contribution in [1.29, 1.82) is 0 Å². The van der Waals surface area contributed by atoms with E-state index in [-0.39, 0.29) is 29.6 Å². The van der Waals surface area contributed by atoms with Crippen molar-refractivity contribution in [2.24, 2.45) is 0 Å². The van der Waals surface area contributed by atoms with Crippen LogP contribution in [-0.2, 0) is 4.79 Å². The molecule has 6 nitrogen and oxygen atoms in total. The first-order chi connectivity index (χ1) is 12.3. The van der Waals surface area contributed by atoms with Gasteiger partial charge in [-0.05, 0) is 58.6 Å². The zero-order valence-electron chi connectivity index (χ0n) is 15.9.